The molecule has 1 N–H and O–H groups in total. The van der Waals surface area contributed by atoms with Crippen molar-refractivity contribution in [3.05, 3.63) is 72.4 Å². The molecule has 4 aromatic rings. The molecule has 0 radical (unpaired) electrons. The van der Waals surface area contributed by atoms with Gasteiger partial charge in [-0.1, -0.05) is 6.07 Å². The van der Waals surface area contributed by atoms with Crippen molar-refractivity contribution in [2.75, 3.05) is 13.2 Å². The van der Waals surface area contributed by atoms with Crippen LogP contribution in [-0.2, 0) is 0 Å². The molecule has 0 unspecified atom stereocenters. The smallest absolute Gasteiger partial charge is 0.176 e. The van der Waals surface area contributed by atoms with E-state index >= 15 is 0 Å². The molecule has 1 aliphatic rings. The SMILES string of the molecule is N#Cc1ccc(-c2nc(-c3ccc4c(c3)OCCO4)c(-c3ccccn3)n2O)cc1. The fourth-order valence-corrected chi connectivity index (χ4v) is 3.42. The highest BCUT2D eigenvalue weighted by Crippen LogP contribution is 2.39. The molecule has 0 saturated heterocycles. The molecule has 5 rings (SSSR count). The lowest BCUT2D eigenvalue weighted by molar-refractivity contribution is 0.171. The van der Waals surface area contributed by atoms with Crippen LogP contribution in [-0.4, -0.2) is 33.1 Å². The molecular formula is C23H16N4O3. The minimum Gasteiger partial charge on any atom is -0.486 e. The van der Waals surface area contributed by atoms with Crippen LogP contribution in [0.3, 0.4) is 0 Å². The molecule has 0 amide bonds. The van der Waals surface area contributed by atoms with Crippen LogP contribution in [0.5, 0.6) is 11.5 Å². The van der Waals surface area contributed by atoms with Crippen molar-refractivity contribution >= 4 is 0 Å². The summed E-state index contributed by atoms with van der Waals surface area (Å²) >= 11 is 0. The van der Waals surface area contributed by atoms with E-state index in [9.17, 15) is 5.21 Å². The summed E-state index contributed by atoms with van der Waals surface area (Å²) in [5, 5.41) is 20.1. The van der Waals surface area contributed by atoms with Gasteiger partial charge in [-0.3, -0.25) is 4.98 Å². The quantitative estimate of drug-likeness (QED) is 0.523. The molecule has 0 atom stereocenters. The summed E-state index contributed by atoms with van der Waals surface area (Å²) in [7, 11) is 0. The predicted molar refractivity (Wildman–Crippen MR) is 109 cm³/mol. The van der Waals surface area contributed by atoms with Crippen LogP contribution >= 0.6 is 0 Å². The van der Waals surface area contributed by atoms with Gasteiger partial charge in [-0.25, -0.2) is 4.98 Å². The first-order chi connectivity index (χ1) is 14.7. The third kappa shape index (κ3) is 3.01. The third-order valence-electron chi connectivity index (χ3n) is 4.85. The topological polar surface area (TPSA) is 93.2 Å². The second-order valence-electron chi connectivity index (χ2n) is 6.71. The zero-order valence-corrected chi connectivity index (χ0v) is 15.8. The number of hydrogen-bond donors (Lipinski definition) is 1. The van der Waals surface area contributed by atoms with Crippen LogP contribution < -0.4 is 9.47 Å². The van der Waals surface area contributed by atoms with E-state index in [1.165, 1.54) is 0 Å². The van der Waals surface area contributed by atoms with Gasteiger partial charge in [-0.05, 0) is 54.6 Å². The molecule has 0 saturated carbocycles. The van der Waals surface area contributed by atoms with Gasteiger partial charge in [0, 0.05) is 17.3 Å². The fraction of sp³-hybridized carbons (Fsp3) is 0.0870. The van der Waals surface area contributed by atoms with Gasteiger partial charge >= 0.3 is 0 Å². The Morgan fingerprint density at radius 1 is 0.933 bits per heavy atom. The minimum absolute atomic E-state index is 0.352. The first-order valence-electron chi connectivity index (χ1n) is 9.38. The zero-order chi connectivity index (χ0) is 20.5. The summed E-state index contributed by atoms with van der Waals surface area (Å²) in [5.74, 6) is 1.67. The number of pyridine rings is 1. The molecule has 0 bridgehead atoms. The van der Waals surface area contributed by atoms with E-state index in [1.54, 1.807) is 30.5 Å². The van der Waals surface area contributed by atoms with Gasteiger partial charge in [0.15, 0.2) is 17.3 Å². The van der Waals surface area contributed by atoms with Crippen molar-refractivity contribution < 1.29 is 14.7 Å². The second kappa shape index (κ2) is 7.26. The van der Waals surface area contributed by atoms with E-state index in [0.29, 0.717) is 58.7 Å². The van der Waals surface area contributed by atoms with Crippen LogP contribution in [0.25, 0.3) is 34.0 Å². The summed E-state index contributed by atoms with van der Waals surface area (Å²) in [6, 6.07) is 20.0. The average Bonchev–Trinajstić information content (AvgIpc) is 3.16. The first-order valence-corrected chi connectivity index (χ1v) is 9.38. The van der Waals surface area contributed by atoms with Gasteiger partial charge < -0.3 is 14.7 Å². The molecule has 0 aliphatic carbocycles. The summed E-state index contributed by atoms with van der Waals surface area (Å²) in [6.07, 6.45) is 1.66. The van der Waals surface area contributed by atoms with E-state index < -0.39 is 0 Å². The number of hydrogen-bond acceptors (Lipinski definition) is 6. The number of benzene rings is 2. The Hall–Kier alpha value is -4.31. The number of nitrogens with zero attached hydrogens (tertiary/aromatic N) is 4. The van der Waals surface area contributed by atoms with Crippen LogP contribution in [0.4, 0.5) is 0 Å². The molecule has 1 aliphatic heterocycles. The van der Waals surface area contributed by atoms with E-state index in [-0.39, 0.29) is 0 Å². The Balaban J connectivity index is 1.70. The number of fused-ring (bicyclic) bond motifs is 1. The zero-order valence-electron chi connectivity index (χ0n) is 15.8. The molecule has 0 spiro atoms. The van der Waals surface area contributed by atoms with Crippen molar-refractivity contribution in [1.82, 2.24) is 14.7 Å². The first kappa shape index (κ1) is 17.8. The van der Waals surface area contributed by atoms with Crippen LogP contribution in [0.15, 0.2) is 66.9 Å². The summed E-state index contributed by atoms with van der Waals surface area (Å²) in [4.78, 5) is 9.12. The number of rotatable bonds is 3. The molecular weight excluding hydrogens is 380 g/mol. The fourth-order valence-electron chi connectivity index (χ4n) is 3.42. The molecule has 7 nitrogen and oxygen atoms in total. The van der Waals surface area contributed by atoms with Crippen LogP contribution in [0.2, 0.25) is 0 Å². The highest BCUT2D eigenvalue weighted by Gasteiger charge is 2.23. The highest BCUT2D eigenvalue weighted by molar-refractivity contribution is 5.81. The van der Waals surface area contributed by atoms with Gasteiger partial charge in [0.1, 0.15) is 24.6 Å². The van der Waals surface area contributed by atoms with Crippen molar-refractivity contribution in [1.29, 1.82) is 5.26 Å². The van der Waals surface area contributed by atoms with Gasteiger partial charge in [0.05, 0.1) is 17.3 Å². The van der Waals surface area contributed by atoms with Crippen LogP contribution in [0.1, 0.15) is 5.56 Å². The molecule has 2 aromatic heterocycles. The van der Waals surface area contributed by atoms with Crippen LogP contribution in [0, 0.1) is 11.3 Å². The Morgan fingerprint density at radius 2 is 1.70 bits per heavy atom. The lowest BCUT2D eigenvalue weighted by atomic mass is 10.1. The number of ether oxygens (including phenoxy) is 2. The van der Waals surface area contributed by atoms with Gasteiger partial charge in [-0.15, -0.1) is 0 Å². The van der Waals surface area contributed by atoms with Gasteiger partial charge in [0.25, 0.3) is 0 Å². The standard InChI is InChI=1S/C23H16N4O3/c24-14-15-4-6-16(7-5-15)23-26-21(22(27(23)28)18-3-1-2-10-25-18)17-8-9-19-20(13-17)30-12-11-29-19/h1-10,13,28H,11-12H2. The number of nitriles is 1. The number of aromatic nitrogens is 3. The largest absolute Gasteiger partial charge is 0.486 e. The lowest BCUT2D eigenvalue weighted by Crippen LogP contribution is -2.15. The molecule has 3 heterocycles. The maximum atomic E-state index is 11.0. The molecule has 30 heavy (non-hydrogen) atoms. The Bertz CT molecular complexity index is 1260. The van der Waals surface area contributed by atoms with Crippen molar-refractivity contribution in [2.45, 2.75) is 0 Å². The van der Waals surface area contributed by atoms with Gasteiger partial charge in [0.2, 0.25) is 0 Å². The summed E-state index contributed by atoms with van der Waals surface area (Å²) < 4.78 is 12.4. The normalized spacial score (nSPS) is 12.4. The van der Waals surface area contributed by atoms with E-state index in [0.717, 1.165) is 10.3 Å². The Morgan fingerprint density at radius 3 is 2.43 bits per heavy atom. The molecule has 146 valence electrons. The Labute approximate surface area is 172 Å². The van der Waals surface area contributed by atoms with Crippen molar-refractivity contribution in [3.63, 3.8) is 0 Å². The average molecular weight is 396 g/mol. The molecule has 2 aromatic carbocycles. The lowest BCUT2D eigenvalue weighted by Gasteiger charge is -2.18. The predicted octanol–water partition coefficient (Wildman–Crippen LogP) is 4.16. The molecule has 7 heteroatoms. The minimum atomic E-state index is 0.352. The molecule has 0 fully saturated rings. The number of imidazole rings is 1. The Kier molecular flexibility index (Phi) is 4.30. The van der Waals surface area contributed by atoms with Gasteiger partial charge in [-0.2, -0.15) is 9.99 Å². The summed E-state index contributed by atoms with van der Waals surface area (Å²) in [6.45, 7) is 0.994. The highest BCUT2D eigenvalue weighted by atomic mass is 16.6. The summed E-state index contributed by atoms with van der Waals surface area (Å²) in [5.41, 5.74) is 3.59. The van der Waals surface area contributed by atoms with E-state index in [2.05, 4.69) is 11.1 Å². The maximum absolute atomic E-state index is 11.0. The van der Waals surface area contributed by atoms with E-state index in [1.807, 2.05) is 36.4 Å². The van der Waals surface area contributed by atoms with Crippen molar-refractivity contribution in [2.24, 2.45) is 0 Å². The monoisotopic (exact) mass is 396 g/mol. The third-order valence-corrected chi connectivity index (χ3v) is 4.85. The second-order valence-corrected chi connectivity index (χ2v) is 6.71. The van der Waals surface area contributed by atoms with E-state index in [4.69, 9.17) is 19.7 Å². The van der Waals surface area contributed by atoms with Crippen molar-refractivity contribution in [3.8, 4) is 51.6 Å². The maximum Gasteiger partial charge on any atom is 0.176 e.